The molecule has 0 aliphatic carbocycles. The molecule has 216 valence electrons. The zero-order valence-electron chi connectivity index (χ0n) is 21.8. The lowest BCUT2D eigenvalue weighted by atomic mass is 10.0. The van der Waals surface area contributed by atoms with Crippen LogP contribution in [-0.2, 0) is 14.9 Å². The fourth-order valence-corrected chi connectivity index (χ4v) is 6.24. The van der Waals surface area contributed by atoms with Gasteiger partial charge in [0.1, 0.15) is 41.9 Å². The standard InChI is InChI=1S/C26H30F3N5O5S/c1-2-32(9-8-27)40(36,37)31-26(35)23-13-30-25-6-4-19(15-34(23)25)33-14-18(29)12-22(33)21-11-17(28)3-5-24(21)39-20-7-10-38-16-20/h3-6,11,13,15,18,20,22H,2,7-10,12,14,16H2,1H3,(H,31,35)/t18-,20+,22+/m0/s1. The minimum Gasteiger partial charge on any atom is -0.488 e. The van der Waals surface area contributed by atoms with Gasteiger partial charge in [-0.1, -0.05) is 6.92 Å². The topological polar surface area (TPSA) is 105 Å². The summed E-state index contributed by atoms with van der Waals surface area (Å²) in [6, 6.07) is 6.93. The van der Waals surface area contributed by atoms with Crippen LogP contribution in [0, 0.1) is 5.82 Å². The molecule has 40 heavy (non-hydrogen) atoms. The highest BCUT2D eigenvalue weighted by atomic mass is 32.2. The second-order valence-corrected chi connectivity index (χ2v) is 11.3. The van der Waals surface area contributed by atoms with Gasteiger partial charge >= 0.3 is 10.2 Å². The number of hydrogen-bond donors (Lipinski definition) is 1. The van der Waals surface area contributed by atoms with Crippen molar-refractivity contribution in [2.45, 2.75) is 38.1 Å². The van der Waals surface area contributed by atoms with E-state index in [1.54, 1.807) is 23.2 Å². The third-order valence-electron chi connectivity index (χ3n) is 7.06. The number of pyridine rings is 1. The molecule has 10 nitrogen and oxygen atoms in total. The summed E-state index contributed by atoms with van der Waals surface area (Å²) in [6.45, 7) is 1.21. The van der Waals surface area contributed by atoms with Gasteiger partial charge in [-0.3, -0.25) is 9.20 Å². The van der Waals surface area contributed by atoms with Crippen LogP contribution in [0.5, 0.6) is 5.75 Å². The Hall–Kier alpha value is -3.36. The number of ether oxygens (including phenoxy) is 2. The third kappa shape index (κ3) is 5.74. The highest BCUT2D eigenvalue weighted by molar-refractivity contribution is 7.87. The van der Waals surface area contributed by atoms with E-state index in [0.29, 0.717) is 42.3 Å². The molecule has 0 saturated carbocycles. The maximum atomic E-state index is 14.9. The van der Waals surface area contributed by atoms with E-state index in [4.69, 9.17) is 9.47 Å². The molecular formula is C26H30F3N5O5S. The molecule has 2 aliphatic rings. The van der Waals surface area contributed by atoms with Gasteiger partial charge in [-0.25, -0.2) is 22.9 Å². The van der Waals surface area contributed by atoms with Gasteiger partial charge in [0.25, 0.3) is 5.91 Å². The fraction of sp³-hybridized carbons (Fsp3) is 0.462. The summed E-state index contributed by atoms with van der Waals surface area (Å²) in [4.78, 5) is 18.9. The first kappa shape index (κ1) is 28.2. The van der Waals surface area contributed by atoms with Crippen LogP contribution < -0.4 is 14.4 Å². The van der Waals surface area contributed by atoms with Crippen LogP contribution in [0.4, 0.5) is 18.9 Å². The lowest BCUT2D eigenvalue weighted by Gasteiger charge is -2.29. The van der Waals surface area contributed by atoms with E-state index in [1.165, 1.54) is 35.7 Å². The number of nitrogens with zero attached hydrogens (tertiary/aromatic N) is 4. The average molecular weight is 582 g/mol. The molecule has 0 spiro atoms. The summed E-state index contributed by atoms with van der Waals surface area (Å²) in [5.74, 6) is -0.988. The van der Waals surface area contributed by atoms with Gasteiger partial charge in [0, 0.05) is 44.2 Å². The van der Waals surface area contributed by atoms with Crippen LogP contribution >= 0.6 is 0 Å². The van der Waals surface area contributed by atoms with Crippen LogP contribution in [0.25, 0.3) is 5.65 Å². The van der Waals surface area contributed by atoms with Crippen molar-refractivity contribution in [3.63, 3.8) is 0 Å². The molecule has 0 radical (unpaired) electrons. The SMILES string of the molecule is CCN(CCF)S(=O)(=O)NC(=O)c1cnc2ccc(N3C[C@@H](F)C[C@@H]3c3cc(F)ccc3O[C@@H]3CCOC3)cn12. The van der Waals surface area contributed by atoms with Gasteiger partial charge in [-0.05, 0) is 30.3 Å². The summed E-state index contributed by atoms with van der Waals surface area (Å²) in [6.07, 6.45) is 2.16. The maximum absolute atomic E-state index is 14.9. The van der Waals surface area contributed by atoms with E-state index in [0.717, 1.165) is 4.31 Å². The summed E-state index contributed by atoms with van der Waals surface area (Å²) < 4.78 is 82.9. The van der Waals surface area contributed by atoms with Crippen molar-refractivity contribution in [1.82, 2.24) is 18.4 Å². The van der Waals surface area contributed by atoms with Crippen LogP contribution in [0.3, 0.4) is 0 Å². The number of alkyl halides is 2. The van der Waals surface area contributed by atoms with Crippen LogP contribution in [0.15, 0.2) is 42.7 Å². The molecule has 2 aliphatic heterocycles. The minimum atomic E-state index is -4.29. The number of aromatic nitrogens is 2. The van der Waals surface area contributed by atoms with E-state index in [1.807, 2.05) is 4.72 Å². The predicted octanol–water partition coefficient (Wildman–Crippen LogP) is 3.20. The van der Waals surface area contributed by atoms with Crippen molar-refractivity contribution in [3.8, 4) is 5.75 Å². The van der Waals surface area contributed by atoms with Crippen LogP contribution in [0.2, 0.25) is 0 Å². The number of carbonyl (C=O) groups is 1. The Balaban J connectivity index is 1.46. The Bertz CT molecular complexity index is 1480. The summed E-state index contributed by atoms with van der Waals surface area (Å²) in [5, 5.41) is 0. The molecular weight excluding hydrogens is 551 g/mol. The molecule has 3 aromatic rings. The Labute approximate surface area is 229 Å². The zero-order chi connectivity index (χ0) is 28.4. The number of rotatable bonds is 10. The number of hydrogen-bond acceptors (Lipinski definition) is 7. The molecule has 5 rings (SSSR count). The van der Waals surface area contributed by atoms with E-state index in [9.17, 15) is 26.4 Å². The van der Waals surface area contributed by atoms with Crippen molar-refractivity contribution in [1.29, 1.82) is 0 Å². The number of carbonyl (C=O) groups excluding carboxylic acids is 1. The van der Waals surface area contributed by atoms with Crippen molar-refractivity contribution in [3.05, 3.63) is 59.8 Å². The first-order chi connectivity index (χ1) is 19.2. The summed E-state index contributed by atoms with van der Waals surface area (Å²) in [5.41, 5.74) is 1.28. The summed E-state index contributed by atoms with van der Waals surface area (Å²) >= 11 is 0. The molecule has 14 heteroatoms. The number of halogens is 3. The quantitative estimate of drug-likeness (QED) is 0.392. The first-order valence-corrected chi connectivity index (χ1v) is 14.4. The minimum absolute atomic E-state index is 0.0119. The number of fused-ring (bicyclic) bond motifs is 1. The zero-order valence-corrected chi connectivity index (χ0v) is 22.6. The number of nitrogens with one attached hydrogen (secondary N) is 1. The first-order valence-electron chi connectivity index (χ1n) is 13.0. The van der Waals surface area contributed by atoms with Gasteiger partial charge in [0.2, 0.25) is 0 Å². The molecule has 0 unspecified atom stereocenters. The molecule has 2 fully saturated rings. The van der Waals surface area contributed by atoms with E-state index < -0.39 is 47.4 Å². The number of anilines is 1. The molecule has 3 atom stereocenters. The van der Waals surface area contributed by atoms with Gasteiger partial charge < -0.3 is 14.4 Å². The number of benzene rings is 1. The van der Waals surface area contributed by atoms with Crippen molar-refractivity contribution in [2.75, 3.05) is 44.4 Å². The monoisotopic (exact) mass is 581 g/mol. The maximum Gasteiger partial charge on any atom is 0.304 e. The molecule has 0 bridgehead atoms. The Kier molecular flexibility index (Phi) is 8.19. The lowest BCUT2D eigenvalue weighted by Crippen LogP contribution is -2.44. The number of amides is 1. The molecule has 4 heterocycles. The number of imidazole rings is 1. The highest BCUT2D eigenvalue weighted by Crippen LogP contribution is 2.42. The fourth-order valence-electron chi connectivity index (χ4n) is 5.12. The largest absolute Gasteiger partial charge is 0.488 e. The average Bonchev–Trinajstić information content (AvgIpc) is 3.67. The van der Waals surface area contributed by atoms with Gasteiger partial charge in [-0.15, -0.1) is 0 Å². The van der Waals surface area contributed by atoms with Crippen molar-refractivity contribution >= 4 is 27.5 Å². The van der Waals surface area contributed by atoms with E-state index in [2.05, 4.69) is 4.98 Å². The third-order valence-corrected chi connectivity index (χ3v) is 8.63. The smallest absolute Gasteiger partial charge is 0.304 e. The van der Waals surface area contributed by atoms with Crippen molar-refractivity contribution < 1.29 is 35.9 Å². The summed E-state index contributed by atoms with van der Waals surface area (Å²) in [7, 11) is -4.29. The van der Waals surface area contributed by atoms with Gasteiger partial charge in [0.15, 0.2) is 0 Å². The second-order valence-electron chi connectivity index (χ2n) is 9.66. The Morgan fingerprint density at radius 3 is 2.85 bits per heavy atom. The normalized spacial score (nSPS) is 21.4. The van der Waals surface area contributed by atoms with Gasteiger partial charge in [0.05, 0.1) is 31.1 Å². The predicted molar refractivity (Wildman–Crippen MR) is 141 cm³/mol. The molecule has 1 aromatic carbocycles. The van der Waals surface area contributed by atoms with Crippen LogP contribution in [0.1, 0.15) is 41.9 Å². The van der Waals surface area contributed by atoms with E-state index in [-0.39, 0.29) is 31.3 Å². The van der Waals surface area contributed by atoms with E-state index >= 15 is 0 Å². The van der Waals surface area contributed by atoms with Gasteiger partial charge in [-0.2, -0.15) is 12.7 Å². The Morgan fingerprint density at radius 2 is 2.12 bits per heavy atom. The van der Waals surface area contributed by atoms with Crippen molar-refractivity contribution in [2.24, 2.45) is 0 Å². The second kappa shape index (κ2) is 11.6. The van der Waals surface area contributed by atoms with Crippen LogP contribution in [-0.4, -0.2) is 79.8 Å². The molecule has 1 amide bonds. The lowest BCUT2D eigenvalue weighted by molar-refractivity contribution is 0.0973. The molecule has 2 saturated heterocycles. The highest BCUT2D eigenvalue weighted by Gasteiger charge is 2.36. The molecule has 2 aromatic heterocycles. The molecule has 1 N–H and O–H groups in total. The Morgan fingerprint density at radius 1 is 1.30 bits per heavy atom.